The van der Waals surface area contributed by atoms with E-state index >= 15 is 0 Å². The Kier molecular flexibility index (Phi) is 3.67. The molecule has 0 fully saturated rings. The molecule has 0 aliphatic carbocycles. The van der Waals surface area contributed by atoms with Gasteiger partial charge in [0.25, 0.3) is 0 Å². The number of nitrogens with zero attached hydrogens (tertiary/aromatic N) is 4. The van der Waals surface area contributed by atoms with Crippen LogP contribution in [0.5, 0.6) is 0 Å². The summed E-state index contributed by atoms with van der Waals surface area (Å²) in [6.07, 6.45) is 6.37. The van der Waals surface area contributed by atoms with Crippen molar-refractivity contribution in [3.05, 3.63) is 84.7 Å². The van der Waals surface area contributed by atoms with Crippen LogP contribution in [0.4, 0.5) is 17.2 Å². The third-order valence-corrected chi connectivity index (χ3v) is 5.49. The smallest absolute Gasteiger partial charge is 0.401 e. The van der Waals surface area contributed by atoms with Crippen molar-refractivity contribution in [2.75, 3.05) is 16.8 Å². The molecule has 5 heteroatoms. The summed E-state index contributed by atoms with van der Waals surface area (Å²) >= 11 is 0. The maximum atomic E-state index is 4.78. The number of hydrogen-bond acceptors (Lipinski definition) is 4. The van der Waals surface area contributed by atoms with E-state index in [1.165, 1.54) is 16.7 Å². The second kappa shape index (κ2) is 6.20. The number of rotatable bonds is 2. The van der Waals surface area contributed by atoms with Crippen LogP contribution in [0.1, 0.15) is 12.5 Å². The fourth-order valence-corrected chi connectivity index (χ4v) is 4.28. The maximum absolute atomic E-state index is 4.78. The van der Waals surface area contributed by atoms with E-state index in [9.17, 15) is 0 Å². The molecule has 2 aromatic carbocycles. The van der Waals surface area contributed by atoms with Crippen molar-refractivity contribution in [3.63, 3.8) is 0 Å². The highest BCUT2D eigenvalue weighted by Gasteiger charge is 2.44. The molecule has 4 nitrogen and oxygen atoms in total. The molecule has 2 aliphatic heterocycles. The van der Waals surface area contributed by atoms with Gasteiger partial charge in [0.1, 0.15) is 5.82 Å². The number of hydrogen-bond donors (Lipinski definition) is 0. The largest absolute Gasteiger partial charge is 0.414 e. The lowest BCUT2D eigenvalue weighted by Gasteiger charge is -2.39. The normalized spacial score (nSPS) is 17.9. The Hall–Kier alpha value is -3.21. The molecule has 5 rings (SSSR count). The molecule has 0 spiro atoms. The highest BCUT2D eigenvalue weighted by atomic mass is 15.4. The summed E-state index contributed by atoms with van der Waals surface area (Å²) in [6, 6.07) is 23.4. The van der Waals surface area contributed by atoms with Gasteiger partial charge >= 0.3 is 6.98 Å². The Labute approximate surface area is 160 Å². The molecule has 0 bridgehead atoms. The first-order valence-electron chi connectivity index (χ1n) is 9.32. The van der Waals surface area contributed by atoms with Gasteiger partial charge in [-0.15, -0.1) is 0 Å². The maximum Gasteiger partial charge on any atom is 0.414 e. The zero-order chi connectivity index (χ0) is 18.4. The van der Waals surface area contributed by atoms with Crippen LogP contribution in [0, 0.1) is 0 Å². The molecule has 0 saturated carbocycles. The minimum absolute atomic E-state index is 0.101. The Balaban J connectivity index is 1.66. The summed E-state index contributed by atoms with van der Waals surface area (Å²) in [5.41, 5.74) is 4.91. The van der Waals surface area contributed by atoms with E-state index in [2.05, 4.69) is 101 Å². The second-order valence-electron chi connectivity index (χ2n) is 7.07. The van der Waals surface area contributed by atoms with E-state index < -0.39 is 0 Å². The third-order valence-electron chi connectivity index (χ3n) is 5.49. The molecule has 0 amide bonds. The van der Waals surface area contributed by atoms with Crippen molar-refractivity contribution >= 4 is 35.7 Å². The highest BCUT2D eigenvalue weighted by Crippen LogP contribution is 2.43. The monoisotopic (exact) mass is 352 g/mol. The Bertz CT molecular complexity index is 1000. The standard InChI is InChI=1S/C22H21BN4/c1-17-26(19-10-4-3-5-11-19)21-13-8-15-24-22(21)27(17)23-20-12-7-6-9-18(20)14-16-25(23)2/h3-17H,1-2H3/t17-/m0/s1. The molecule has 132 valence electrons. The van der Waals surface area contributed by atoms with E-state index in [4.69, 9.17) is 4.98 Å². The topological polar surface area (TPSA) is 22.6 Å². The van der Waals surface area contributed by atoms with Crippen LogP contribution in [0.15, 0.2) is 79.1 Å². The summed E-state index contributed by atoms with van der Waals surface area (Å²) in [4.78, 5) is 11.8. The van der Waals surface area contributed by atoms with Gasteiger partial charge < -0.3 is 14.5 Å². The van der Waals surface area contributed by atoms with Crippen LogP contribution in [-0.2, 0) is 0 Å². The summed E-state index contributed by atoms with van der Waals surface area (Å²) in [7, 11) is 2.14. The van der Waals surface area contributed by atoms with Gasteiger partial charge in [-0.1, -0.05) is 42.5 Å². The van der Waals surface area contributed by atoms with E-state index in [0.29, 0.717) is 0 Å². The van der Waals surface area contributed by atoms with Crippen molar-refractivity contribution in [3.8, 4) is 0 Å². The second-order valence-corrected chi connectivity index (χ2v) is 7.07. The van der Waals surface area contributed by atoms with Crippen LogP contribution < -0.4 is 15.2 Å². The van der Waals surface area contributed by atoms with Crippen LogP contribution >= 0.6 is 0 Å². The molecule has 3 aromatic rings. The Morgan fingerprint density at radius 3 is 2.56 bits per heavy atom. The van der Waals surface area contributed by atoms with E-state index in [-0.39, 0.29) is 13.1 Å². The molecule has 0 saturated heterocycles. The summed E-state index contributed by atoms with van der Waals surface area (Å²) < 4.78 is 0. The summed E-state index contributed by atoms with van der Waals surface area (Å²) in [5.74, 6) is 1.02. The van der Waals surface area contributed by atoms with Crippen LogP contribution in [0.3, 0.4) is 0 Å². The zero-order valence-corrected chi connectivity index (χ0v) is 15.5. The van der Waals surface area contributed by atoms with Crippen molar-refractivity contribution in [1.82, 2.24) is 9.79 Å². The molecule has 3 heterocycles. The number of benzene rings is 2. The van der Waals surface area contributed by atoms with Gasteiger partial charge in [0.2, 0.25) is 0 Å². The van der Waals surface area contributed by atoms with Crippen molar-refractivity contribution < 1.29 is 0 Å². The van der Waals surface area contributed by atoms with Gasteiger partial charge in [0.05, 0.1) is 11.9 Å². The fourth-order valence-electron chi connectivity index (χ4n) is 4.28. The van der Waals surface area contributed by atoms with Crippen molar-refractivity contribution in [1.29, 1.82) is 0 Å². The molecule has 0 unspecified atom stereocenters. The van der Waals surface area contributed by atoms with Gasteiger partial charge in [-0.3, -0.25) is 0 Å². The van der Waals surface area contributed by atoms with E-state index in [1.807, 2.05) is 12.3 Å². The molecular weight excluding hydrogens is 331 g/mol. The van der Waals surface area contributed by atoms with Crippen molar-refractivity contribution in [2.45, 2.75) is 13.1 Å². The Morgan fingerprint density at radius 2 is 1.70 bits per heavy atom. The van der Waals surface area contributed by atoms with E-state index in [0.717, 1.165) is 11.5 Å². The quantitative estimate of drug-likeness (QED) is 0.656. The lowest BCUT2D eigenvalue weighted by Crippen LogP contribution is -2.62. The third kappa shape index (κ3) is 2.42. The van der Waals surface area contributed by atoms with E-state index in [1.54, 1.807) is 0 Å². The van der Waals surface area contributed by atoms with Gasteiger partial charge in [0.15, 0.2) is 0 Å². The molecular formula is C22H21BN4. The average molecular weight is 352 g/mol. The Morgan fingerprint density at radius 1 is 0.926 bits per heavy atom. The minimum Gasteiger partial charge on any atom is -0.401 e. The zero-order valence-electron chi connectivity index (χ0n) is 15.5. The number of fused-ring (bicyclic) bond motifs is 2. The number of pyridine rings is 1. The van der Waals surface area contributed by atoms with Crippen LogP contribution in [0.25, 0.3) is 6.08 Å². The van der Waals surface area contributed by atoms with Crippen molar-refractivity contribution in [2.24, 2.45) is 0 Å². The van der Waals surface area contributed by atoms with Gasteiger partial charge in [0, 0.05) is 11.9 Å². The van der Waals surface area contributed by atoms with Gasteiger partial charge in [-0.2, -0.15) is 0 Å². The van der Waals surface area contributed by atoms with Gasteiger partial charge in [-0.25, -0.2) is 4.98 Å². The predicted octanol–water partition coefficient (Wildman–Crippen LogP) is 3.70. The predicted molar refractivity (Wildman–Crippen MR) is 113 cm³/mol. The average Bonchev–Trinajstić information content (AvgIpc) is 3.00. The molecule has 27 heavy (non-hydrogen) atoms. The molecule has 0 N–H and O–H groups in total. The first-order valence-corrected chi connectivity index (χ1v) is 9.32. The lowest BCUT2D eigenvalue weighted by atomic mass is 9.61. The highest BCUT2D eigenvalue weighted by molar-refractivity contribution is 6.76. The summed E-state index contributed by atoms with van der Waals surface area (Å²) in [5, 5.41) is 0. The van der Waals surface area contributed by atoms with Crippen LogP contribution in [0.2, 0.25) is 0 Å². The van der Waals surface area contributed by atoms with Gasteiger partial charge in [-0.05, 0) is 61.5 Å². The lowest BCUT2D eigenvalue weighted by molar-refractivity contribution is 0.676. The SMILES string of the molecule is C[C@@H]1N(B2c3ccccc3C=CN2C)c2ncccc2N1c1ccccc1. The molecule has 1 atom stereocenters. The number of aromatic nitrogens is 1. The number of para-hydroxylation sites is 1. The summed E-state index contributed by atoms with van der Waals surface area (Å²) in [6.45, 7) is 2.35. The number of anilines is 3. The minimum atomic E-state index is 0.101. The molecule has 1 aromatic heterocycles. The molecule has 2 aliphatic rings. The molecule has 0 radical (unpaired) electrons. The first kappa shape index (κ1) is 16.0. The van der Waals surface area contributed by atoms with Crippen LogP contribution in [-0.4, -0.2) is 30.0 Å². The first-order chi connectivity index (χ1) is 13.3. The fraction of sp³-hybridized carbons (Fsp3) is 0.136.